The quantitative estimate of drug-likeness (QED) is 0.129. The van der Waals surface area contributed by atoms with Crippen LogP contribution in [-0.2, 0) is 24.6 Å². The summed E-state index contributed by atoms with van der Waals surface area (Å²) in [6.45, 7) is 7.47. The molecule has 2 bridgehead atoms. The first-order chi connectivity index (χ1) is 22.9. The van der Waals surface area contributed by atoms with Crippen molar-refractivity contribution in [1.29, 1.82) is 0 Å². The molecule has 0 aromatic heterocycles. The number of aliphatic hydroxyl groups excluding tert-OH is 1. The number of ether oxygens (including phenoxy) is 4. The second kappa shape index (κ2) is 15.6. The fourth-order valence-electron chi connectivity index (χ4n) is 8.06. The third-order valence-corrected chi connectivity index (χ3v) is 10.8. The van der Waals surface area contributed by atoms with Crippen molar-refractivity contribution in [2.75, 3.05) is 84.2 Å². The van der Waals surface area contributed by atoms with Gasteiger partial charge in [-0.2, -0.15) is 0 Å². The number of carbonyl (C=O) groups is 1. The lowest BCUT2D eigenvalue weighted by Crippen LogP contribution is -2.65. The molecule has 258 valence electrons. The number of carbonyl (C=O) groups excluding carboxylic acids is 1. The molecule has 3 atom stereocenters. The minimum atomic E-state index is -0.923. The summed E-state index contributed by atoms with van der Waals surface area (Å²) < 4.78 is 24.9. The molecule has 1 saturated carbocycles. The highest BCUT2D eigenvalue weighted by atomic mass is 16.5. The van der Waals surface area contributed by atoms with Crippen molar-refractivity contribution < 1.29 is 43.5 Å². The van der Waals surface area contributed by atoms with Crippen LogP contribution in [0.5, 0.6) is 11.5 Å². The lowest BCUT2D eigenvalue weighted by Gasteiger charge is -2.52. The first kappa shape index (κ1) is 34.1. The Balaban J connectivity index is 0.868. The number of aromatic hydroxyl groups is 1. The summed E-state index contributed by atoms with van der Waals surface area (Å²) in [6.07, 6.45) is 6.07. The topological polar surface area (TPSA) is 139 Å². The van der Waals surface area contributed by atoms with E-state index in [1.54, 1.807) is 0 Å². The van der Waals surface area contributed by atoms with E-state index in [2.05, 4.69) is 22.8 Å². The summed E-state index contributed by atoms with van der Waals surface area (Å²) >= 11 is 0. The average Bonchev–Trinajstić information content (AvgIpc) is 3.64. The zero-order valence-corrected chi connectivity index (χ0v) is 27.4. The van der Waals surface area contributed by atoms with Gasteiger partial charge in [-0.05, 0) is 30.4 Å². The predicted molar refractivity (Wildman–Crippen MR) is 176 cm³/mol. The molecular formula is C36H52N3O8+. The van der Waals surface area contributed by atoms with E-state index in [0.717, 1.165) is 36.0 Å². The number of nitrogens with one attached hydrogen (secondary N) is 2. The number of hydrogen-bond donors (Lipinski definition) is 5. The summed E-state index contributed by atoms with van der Waals surface area (Å²) in [7, 11) is 0. The van der Waals surface area contributed by atoms with Crippen LogP contribution in [0.3, 0.4) is 0 Å². The maximum absolute atomic E-state index is 12.0. The van der Waals surface area contributed by atoms with Crippen LogP contribution in [-0.4, -0.2) is 111 Å². The van der Waals surface area contributed by atoms with Crippen molar-refractivity contribution in [1.82, 2.24) is 5.32 Å². The van der Waals surface area contributed by atoms with Crippen molar-refractivity contribution >= 4 is 11.6 Å². The minimum Gasteiger partial charge on any atom is -0.508 e. The van der Waals surface area contributed by atoms with Gasteiger partial charge in [-0.25, -0.2) is 0 Å². The summed E-state index contributed by atoms with van der Waals surface area (Å²) in [5.74, 6) is 0.848. The molecule has 4 aliphatic heterocycles. The molecule has 0 spiro atoms. The average molecular weight is 655 g/mol. The maximum Gasteiger partial charge on any atom is 0.262 e. The lowest BCUT2D eigenvalue weighted by atomic mass is 9.80. The molecule has 47 heavy (non-hydrogen) atoms. The zero-order chi connectivity index (χ0) is 32.7. The van der Waals surface area contributed by atoms with Gasteiger partial charge in [-0.15, -0.1) is 0 Å². The molecule has 5 N–H and O–H groups in total. The molecule has 4 heterocycles. The largest absolute Gasteiger partial charge is 0.508 e. The fourth-order valence-corrected chi connectivity index (χ4v) is 8.06. The number of rotatable bonds is 17. The monoisotopic (exact) mass is 654 g/mol. The van der Waals surface area contributed by atoms with Crippen LogP contribution < -0.4 is 15.4 Å². The number of quaternary nitrogens is 1. The number of hydrogen-bond acceptors (Lipinski definition) is 9. The van der Waals surface area contributed by atoms with E-state index >= 15 is 0 Å². The number of aliphatic hydroxyl groups is 2. The number of phenols is 1. The summed E-state index contributed by atoms with van der Waals surface area (Å²) in [4.78, 5) is 11.6. The van der Waals surface area contributed by atoms with Crippen molar-refractivity contribution in [2.24, 2.45) is 11.8 Å². The zero-order valence-electron chi connectivity index (χ0n) is 27.4. The molecule has 3 saturated heterocycles. The van der Waals surface area contributed by atoms with E-state index in [0.29, 0.717) is 62.5 Å². The number of nitrogens with zero attached hydrogens (tertiary/aromatic N) is 1. The molecule has 5 aliphatic rings. The van der Waals surface area contributed by atoms with Crippen molar-refractivity contribution in [3.63, 3.8) is 0 Å². The van der Waals surface area contributed by atoms with Crippen LogP contribution >= 0.6 is 0 Å². The molecule has 11 heteroatoms. The Labute approximate surface area is 277 Å². The van der Waals surface area contributed by atoms with Gasteiger partial charge in [-0.3, -0.25) is 4.79 Å². The van der Waals surface area contributed by atoms with Crippen LogP contribution in [0.1, 0.15) is 55.8 Å². The minimum absolute atomic E-state index is 0.0548. The molecular weight excluding hydrogens is 602 g/mol. The standard InChI is InChI=1S/C36H51N3O8/c40-29-20-30(35-31(21-29)38-34(42)24-46-35)32(41)22-37-12-16-44-18-19-45-17-15-39-13-10-26(11-14-39)33(23-39)47-25-36(43,28-8-4-5-9-28)27-6-2-1-3-7-27/h1-3,6-7,20-21,26,28,32-33,37,41,43H,4-5,8-19,22-25H2,(H-,38,40,42)/p+1/t26?,32-,33-,36+,39?/m0/s1. The lowest BCUT2D eigenvalue weighted by molar-refractivity contribution is -0.946. The van der Waals surface area contributed by atoms with Gasteiger partial charge < -0.3 is 49.4 Å². The van der Waals surface area contributed by atoms with Gasteiger partial charge in [0.2, 0.25) is 0 Å². The number of phenolic OH excluding ortho intramolecular Hbond substituents is 1. The van der Waals surface area contributed by atoms with Crippen LogP contribution in [0.15, 0.2) is 42.5 Å². The van der Waals surface area contributed by atoms with Gasteiger partial charge in [0, 0.05) is 43.5 Å². The molecule has 0 unspecified atom stereocenters. The van der Waals surface area contributed by atoms with Crippen LogP contribution in [0.2, 0.25) is 0 Å². The van der Waals surface area contributed by atoms with Gasteiger partial charge >= 0.3 is 0 Å². The van der Waals surface area contributed by atoms with Gasteiger partial charge in [-0.1, -0.05) is 43.2 Å². The van der Waals surface area contributed by atoms with Gasteiger partial charge in [0.25, 0.3) is 5.91 Å². The predicted octanol–water partition coefficient (Wildman–Crippen LogP) is 3.08. The van der Waals surface area contributed by atoms with Gasteiger partial charge in [0.05, 0.1) is 57.9 Å². The third-order valence-electron chi connectivity index (χ3n) is 10.8. The summed E-state index contributed by atoms with van der Waals surface area (Å²) in [5, 5.41) is 38.4. The Hall–Kier alpha value is -2.77. The van der Waals surface area contributed by atoms with E-state index in [-0.39, 0.29) is 36.8 Å². The van der Waals surface area contributed by atoms with E-state index in [1.165, 1.54) is 50.9 Å². The first-order valence-electron chi connectivity index (χ1n) is 17.4. The molecule has 0 radical (unpaired) electrons. The number of benzene rings is 2. The Bertz CT molecular complexity index is 1310. The van der Waals surface area contributed by atoms with E-state index in [4.69, 9.17) is 18.9 Å². The normalized spacial score (nSPS) is 26.0. The van der Waals surface area contributed by atoms with Crippen LogP contribution in [0.25, 0.3) is 0 Å². The van der Waals surface area contributed by atoms with Gasteiger partial charge in [0.15, 0.2) is 6.61 Å². The molecule has 2 aromatic rings. The van der Waals surface area contributed by atoms with Crippen molar-refractivity contribution in [3.05, 3.63) is 53.6 Å². The highest BCUT2D eigenvalue weighted by Gasteiger charge is 2.48. The molecule has 7 rings (SSSR count). The SMILES string of the molecule is O=C1COc2c(cc(O)cc2[C@@H](O)CNCCOCCOCC[N+]23CCC(CC2)[C@@H](OC[C@@](O)(c2ccccc2)C2CCCC2)C3)N1. The Morgan fingerprint density at radius 3 is 2.53 bits per heavy atom. The van der Waals surface area contributed by atoms with Crippen LogP contribution in [0, 0.1) is 11.8 Å². The summed E-state index contributed by atoms with van der Waals surface area (Å²) in [5.41, 5.74) is 0.836. The fraction of sp³-hybridized carbons (Fsp3) is 0.639. The smallest absolute Gasteiger partial charge is 0.262 e. The highest BCUT2D eigenvalue weighted by Crippen LogP contribution is 2.43. The number of piperidine rings is 3. The first-order valence-corrected chi connectivity index (χ1v) is 17.4. The number of anilines is 1. The van der Waals surface area contributed by atoms with Crippen molar-refractivity contribution in [3.8, 4) is 11.5 Å². The molecule has 1 amide bonds. The van der Waals surface area contributed by atoms with E-state index in [1.807, 2.05) is 18.2 Å². The summed E-state index contributed by atoms with van der Waals surface area (Å²) in [6, 6.07) is 13.0. The van der Waals surface area contributed by atoms with E-state index < -0.39 is 11.7 Å². The second-order valence-electron chi connectivity index (χ2n) is 13.8. The molecule has 11 nitrogen and oxygen atoms in total. The molecule has 2 aromatic carbocycles. The maximum atomic E-state index is 12.0. The third kappa shape index (κ3) is 8.28. The van der Waals surface area contributed by atoms with Crippen LogP contribution in [0.4, 0.5) is 5.69 Å². The molecule has 4 fully saturated rings. The Morgan fingerprint density at radius 2 is 1.77 bits per heavy atom. The number of amides is 1. The highest BCUT2D eigenvalue weighted by molar-refractivity contribution is 5.96. The Morgan fingerprint density at radius 1 is 1.02 bits per heavy atom. The van der Waals surface area contributed by atoms with Crippen molar-refractivity contribution in [2.45, 2.75) is 56.3 Å². The number of fused-ring (bicyclic) bond motifs is 4. The van der Waals surface area contributed by atoms with Gasteiger partial charge in [0.1, 0.15) is 36.3 Å². The Kier molecular flexibility index (Phi) is 11.3. The second-order valence-corrected chi connectivity index (χ2v) is 13.8. The van der Waals surface area contributed by atoms with E-state index in [9.17, 15) is 20.1 Å². The molecule has 1 aliphatic carbocycles.